The highest BCUT2D eigenvalue weighted by molar-refractivity contribution is 5.92. The number of carbonyl (C=O) groups is 3. The molecule has 0 heterocycles. The number of nitrogens with one attached hydrogen (secondary N) is 2. The number of rotatable bonds is 11. The average molecular weight is 460 g/mol. The molecule has 0 aliphatic heterocycles. The maximum absolute atomic E-state index is 13.1. The minimum atomic E-state index is -1.15. The minimum Gasteiger partial charge on any atom is -0.480 e. The lowest BCUT2D eigenvalue weighted by atomic mass is 10.0. The van der Waals surface area contributed by atoms with E-state index in [1.165, 1.54) is 0 Å². The molecule has 34 heavy (non-hydrogen) atoms. The molecular formula is C27H29N3O4. The van der Waals surface area contributed by atoms with Gasteiger partial charge in [0.2, 0.25) is 11.8 Å². The first-order valence-corrected chi connectivity index (χ1v) is 11.1. The van der Waals surface area contributed by atoms with Gasteiger partial charge < -0.3 is 21.5 Å². The van der Waals surface area contributed by atoms with Gasteiger partial charge in [-0.1, -0.05) is 91.0 Å². The van der Waals surface area contributed by atoms with Crippen molar-refractivity contribution in [2.75, 3.05) is 0 Å². The Morgan fingerprint density at radius 1 is 0.618 bits per heavy atom. The standard InChI is InChI=1S/C27H29N3O4/c28-22(16-19-10-4-1-5-11-19)25(31)29-23(17-20-12-6-2-7-13-20)26(32)30-24(27(33)34)18-21-14-8-3-9-15-21/h1-15,22-24H,16-18,28H2,(H,29,31)(H,30,32)(H,33,34)/t22-,23-,24-/m0/s1. The van der Waals surface area contributed by atoms with Crippen molar-refractivity contribution < 1.29 is 19.5 Å². The Morgan fingerprint density at radius 3 is 1.44 bits per heavy atom. The lowest BCUT2D eigenvalue weighted by molar-refractivity contribution is -0.142. The molecule has 2 amide bonds. The van der Waals surface area contributed by atoms with Gasteiger partial charge in [0.15, 0.2) is 0 Å². The predicted octanol–water partition coefficient (Wildman–Crippen LogP) is 2.10. The number of hydrogen-bond donors (Lipinski definition) is 4. The van der Waals surface area contributed by atoms with Crippen molar-refractivity contribution in [1.29, 1.82) is 0 Å². The van der Waals surface area contributed by atoms with E-state index in [4.69, 9.17) is 5.73 Å². The van der Waals surface area contributed by atoms with Crippen LogP contribution in [0.2, 0.25) is 0 Å². The molecule has 176 valence electrons. The summed E-state index contributed by atoms with van der Waals surface area (Å²) in [5.41, 5.74) is 8.62. The second-order valence-electron chi connectivity index (χ2n) is 8.14. The Morgan fingerprint density at radius 2 is 1.00 bits per heavy atom. The number of carbonyl (C=O) groups excluding carboxylic acids is 2. The SMILES string of the molecule is N[C@@H](Cc1ccccc1)C(=O)N[C@@H](Cc1ccccc1)C(=O)N[C@@H](Cc1ccccc1)C(=O)O. The molecule has 0 unspecified atom stereocenters. The van der Waals surface area contributed by atoms with E-state index in [0.717, 1.165) is 16.7 Å². The van der Waals surface area contributed by atoms with Crippen LogP contribution >= 0.6 is 0 Å². The average Bonchev–Trinajstić information content (AvgIpc) is 2.85. The third kappa shape index (κ3) is 7.56. The Kier molecular flexibility index (Phi) is 8.94. The van der Waals surface area contributed by atoms with E-state index in [9.17, 15) is 19.5 Å². The van der Waals surface area contributed by atoms with Crippen LogP contribution in [0.5, 0.6) is 0 Å². The van der Waals surface area contributed by atoms with E-state index in [1.54, 1.807) is 12.1 Å². The van der Waals surface area contributed by atoms with Crippen LogP contribution in [-0.2, 0) is 33.6 Å². The quantitative estimate of drug-likeness (QED) is 0.350. The molecule has 0 aliphatic rings. The summed E-state index contributed by atoms with van der Waals surface area (Å²) < 4.78 is 0. The van der Waals surface area contributed by atoms with E-state index < -0.39 is 35.9 Å². The molecular weight excluding hydrogens is 430 g/mol. The van der Waals surface area contributed by atoms with Gasteiger partial charge in [-0.15, -0.1) is 0 Å². The first-order valence-electron chi connectivity index (χ1n) is 11.1. The van der Waals surface area contributed by atoms with Gasteiger partial charge >= 0.3 is 5.97 Å². The van der Waals surface area contributed by atoms with Crippen molar-refractivity contribution in [3.8, 4) is 0 Å². The van der Waals surface area contributed by atoms with Gasteiger partial charge in [0.1, 0.15) is 12.1 Å². The van der Waals surface area contributed by atoms with Crippen LogP contribution in [0, 0.1) is 0 Å². The summed E-state index contributed by atoms with van der Waals surface area (Å²) in [5, 5.41) is 15.0. The highest BCUT2D eigenvalue weighted by atomic mass is 16.4. The van der Waals surface area contributed by atoms with Gasteiger partial charge in [-0.2, -0.15) is 0 Å². The van der Waals surface area contributed by atoms with Crippen molar-refractivity contribution >= 4 is 17.8 Å². The lowest BCUT2D eigenvalue weighted by Crippen LogP contribution is -2.55. The number of nitrogens with two attached hydrogens (primary N) is 1. The third-order valence-corrected chi connectivity index (χ3v) is 5.45. The number of aliphatic carboxylic acids is 1. The molecule has 3 atom stereocenters. The molecule has 7 nitrogen and oxygen atoms in total. The first kappa shape index (κ1) is 24.7. The van der Waals surface area contributed by atoms with E-state index in [-0.39, 0.29) is 12.8 Å². The van der Waals surface area contributed by atoms with E-state index >= 15 is 0 Å². The fourth-order valence-electron chi connectivity index (χ4n) is 3.62. The number of amides is 2. The van der Waals surface area contributed by atoms with Crippen LogP contribution in [-0.4, -0.2) is 41.0 Å². The van der Waals surface area contributed by atoms with Crippen LogP contribution in [0.1, 0.15) is 16.7 Å². The maximum Gasteiger partial charge on any atom is 0.326 e. The Bertz CT molecular complexity index is 1070. The second kappa shape index (κ2) is 12.3. The molecule has 3 aromatic rings. The fraction of sp³-hybridized carbons (Fsp3) is 0.222. The fourth-order valence-corrected chi connectivity index (χ4v) is 3.62. The normalized spacial score (nSPS) is 13.3. The van der Waals surface area contributed by atoms with Gasteiger partial charge in [-0.25, -0.2) is 4.79 Å². The van der Waals surface area contributed by atoms with Crippen molar-refractivity contribution in [2.45, 2.75) is 37.4 Å². The van der Waals surface area contributed by atoms with Gasteiger partial charge in [-0.3, -0.25) is 9.59 Å². The summed E-state index contributed by atoms with van der Waals surface area (Å²) in [6.07, 6.45) is 0.647. The zero-order chi connectivity index (χ0) is 24.3. The van der Waals surface area contributed by atoms with Crippen molar-refractivity contribution in [3.05, 3.63) is 108 Å². The molecule has 5 N–H and O–H groups in total. The summed E-state index contributed by atoms with van der Waals surface area (Å²) in [7, 11) is 0. The molecule has 7 heteroatoms. The maximum atomic E-state index is 13.1. The molecule has 0 bridgehead atoms. The lowest BCUT2D eigenvalue weighted by Gasteiger charge is -2.23. The zero-order valence-corrected chi connectivity index (χ0v) is 18.8. The smallest absolute Gasteiger partial charge is 0.326 e. The second-order valence-corrected chi connectivity index (χ2v) is 8.14. The monoisotopic (exact) mass is 459 g/mol. The summed E-state index contributed by atoms with van der Waals surface area (Å²) in [6.45, 7) is 0. The van der Waals surface area contributed by atoms with Crippen molar-refractivity contribution in [1.82, 2.24) is 10.6 Å². The van der Waals surface area contributed by atoms with Crippen molar-refractivity contribution in [3.63, 3.8) is 0 Å². The molecule has 0 spiro atoms. The largest absolute Gasteiger partial charge is 0.480 e. The summed E-state index contributed by atoms with van der Waals surface area (Å²) in [6, 6.07) is 24.7. The van der Waals surface area contributed by atoms with Crippen LogP contribution in [0.15, 0.2) is 91.0 Å². The minimum absolute atomic E-state index is 0.126. The predicted molar refractivity (Wildman–Crippen MR) is 130 cm³/mol. The number of carboxylic acids is 1. The van der Waals surface area contributed by atoms with Gasteiger partial charge in [0, 0.05) is 12.8 Å². The van der Waals surface area contributed by atoms with Gasteiger partial charge in [0.05, 0.1) is 6.04 Å². The van der Waals surface area contributed by atoms with Crippen LogP contribution < -0.4 is 16.4 Å². The van der Waals surface area contributed by atoms with E-state index in [1.807, 2.05) is 78.9 Å². The summed E-state index contributed by atoms with van der Waals surface area (Å²) >= 11 is 0. The molecule has 3 rings (SSSR count). The highest BCUT2D eigenvalue weighted by Crippen LogP contribution is 2.08. The number of benzene rings is 3. The van der Waals surface area contributed by atoms with Crippen molar-refractivity contribution in [2.24, 2.45) is 5.73 Å². The topological polar surface area (TPSA) is 122 Å². The molecule has 0 radical (unpaired) electrons. The van der Waals surface area contributed by atoms with Crippen LogP contribution in [0.3, 0.4) is 0 Å². The van der Waals surface area contributed by atoms with Crippen LogP contribution in [0.25, 0.3) is 0 Å². The summed E-state index contributed by atoms with van der Waals surface area (Å²) in [4.78, 5) is 37.8. The Balaban J connectivity index is 1.72. The van der Waals surface area contributed by atoms with Gasteiger partial charge in [-0.05, 0) is 23.1 Å². The third-order valence-electron chi connectivity index (χ3n) is 5.45. The Labute approximate surface area is 199 Å². The van der Waals surface area contributed by atoms with E-state index in [2.05, 4.69) is 10.6 Å². The molecule has 0 fully saturated rings. The molecule has 0 aliphatic carbocycles. The van der Waals surface area contributed by atoms with Gasteiger partial charge in [0.25, 0.3) is 0 Å². The molecule has 3 aromatic carbocycles. The molecule has 0 saturated heterocycles. The first-order chi connectivity index (χ1) is 16.4. The summed E-state index contributed by atoms with van der Waals surface area (Å²) in [5.74, 6) is -2.20. The number of carboxylic acid groups (broad SMARTS) is 1. The Hall–Kier alpha value is -3.97. The van der Waals surface area contributed by atoms with Crippen LogP contribution in [0.4, 0.5) is 0 Å². The molecule has 0 aromatic heterocycles. The van der Waals surface area contributed by atoms with E-state index in [0.29, 0.717) is 6.42 Å². The number of hydrogen-bond acceptors (Lipinski definition) is 4. The molecule has 0 saturated carbocycles. The zero-order valence-electron chi connectivity index (χ0n) is 18.8. The highest BCUT2D eigenvalue weighted by Gasteiger charge is 2.28.